The summed E-state index contributed by atoms with van der Waals surface area (Å²) in [7, 11) is 0. The fourth-order valence-electron chi connectivity index (χ4n) is 3.78. The highest BCUT2D eigenvalue weighted by molar-refractivity contribution is 8.03. The van der Waals surface area contributed by atoms with E-state index in [2.05, 4.69) is 32.9 Å². The van der Waals surface area contributed by atoms with Crippen LogP contribution in [-0.2, 0) is 14.3 Å². The van der Waals surface area contributed by atoms with E-state index < -0.39 is 11.9 Å². The summed E-state index contributed by atoms with van der Waals surface area (Å²) in [5, 5.41) is 0. The SMILES string of the molecule is CC=C(C=C(C)C)SCC(C)C1CC(=O)C(c2c(C)cc(C)cc2C)C(=O)O1. The van der Waals surface area contributed by atoms with Crippen molar-refractivity contribution in [1.82, 2.24) is 0 Å². The second kappa shape index (κ2) is 9.60. The Labute approximate surface area is 173 Å². The number of esters is 1. The van der Waals surface area contributed by atoms with Gasteiger partial charge in [0.2, 0.25) is 0 Å². The van der Waals surface area contributed by atoms with Crippen LogP contribution in [0, 0.1) is 26.7 Å². The molecule has 0 spiro atoms. The molecule has 0 amide bonds. The molecule has 0 N–H and O–H groups in total. The Morgan fingerprint density at radius 2 is 1.82 bits per heavy atom. The third kappa shape index (κ3) is 5.38. The maximum absolute atomic E-state index is 12.9. The number of allylic oxidation sites excluding steroid dienone is 3. The lowest BCUT2D eigenvalue weighted by atomic mass is 9.82. The number of carbonyl (C=O) groups is 2. The second-order valence-corrected chi connectivity index (χ2v) is 9.19. The van der Waals surface area contributed by atoms with Gasteiger partial charge in [0.15, 0.2) is 5.78 Å². The van der Waals surface area contributed by atoms with Crippen LogP contribution in [0.5, 0.6) is 0 Å². The van der Waals surface area contributed by atoms with Gasteiger partial charge in [-0.3, -0.25) is 9.59 Å². The van der Waals surface area contributed by atoms with Crippen molar-refractivity contribution >= 4 is 23.5 Å². The molecule has 0 aromatic heterocycles. The highest BCUT2D eigenvalue weighted by Gasteiger charge is 2.41. The standard InChI is InChI=1S/C24H32O3S/c1-8-19(9-14(2)3)28-13-18(7)21-12-20(25)23(24(26)27-21)22-16(5)10-15(4)11-17(22)6/h8-11,18,21,23H,12-13H2,1-7H3. The molecule has 3 atom stereocenters. The molecule has 1 aliphatic rings. The lowest BCUT2D eigenvalue weighted by Gasteiger charge is -2.32. The number of aryl methyl sites for hydroxylation is 3. The van der Waals surface area contributed by atoms with E-state index in [0.29, 0.717) is 6.42 Å². The van der Waals surface area contributed by atoms with Crippen molar-refractivity contribution in [2.45, 2.75) is 66.9 Å². The Balaban J connectivity index is 2.10. The highest BCUT2D eigenvalue weighted by Crippen LogP contribution is 2.35. The molecule has 0 aliphatic carbocycles. The average Bonchev–Trinajstić information content (AvgIpc) is 2.59. The predicted molar refractivity (Wildman–Crippen MR) is 118 cm³/mol. The lowest BCUT2D eigenvalue weighted by Crippen LogP contribution is -2.41. The molecule has 3 nitrogen and oxygen atoms in total. The average molecular weight is 401 g/mol. The van der Waals surface area contributed by atoms with Crippen molar-refractivity contribution in [1.29, 1.82) is 0 Å². The topological polar surface area (TPSA) is 43.4 Å². The van der Waals surface area contributed by atoms with Gasteiger partial charge in [0, 0.05) is 23.0 Å². The molecule has 3 unspecified atom stereocenters. The van der Waals surface area contributed by atoms with Crippen LogP contribution in [-0.4, -0.2) is 23.6 Å². The van der Waals surface area contributed by atoms with Crippen molar-refractivity contribution < 1.29 is 14.3 Å². The Bertz CT molecular complexity index is 774. The first-order valence-electron chi connectivity index (χ1n) is 9.89. The molecule has 1 fully saturated rings. The van der Waals surface area contributed by atoms with E-state index >= 15 is 0 Å². The normalized spacial score (nSPS) is 21.3. The number of carbonyl (C=O) groups excluding carboxylic acids is 2. The van der Waals surface area contributed by atoms with Crippen molar-refractivity contribution in [3.63, 3.8) is 0 Å². The third-order valence-electron chi connectivity index (χ3n) is 5.12. The number of ether oxygens (including phenoxy) is 1. The Morgan fingerprint density at radius 3 is 2.32 bits per heavy atom. The van der Waals surface area contributed by atoms with Crippen molar-refractivity contribution in [2.24, 2.45) is 5.92 Å². The summed E-state index contributed by atoms with van der Waals surface area (Å²) < 4.78 is 5.76. The van der Waals surface area contributed by atoms with Gasteiger partial charge < -0.3 is 4.74 Å². The Kier molecular flexibility index (Phi) is 7.70. The van der Waals surface area contributed by atoms with Crippen LogP contribution in [0.1, 0.15) is 62.3 Å². The Morgan fingerprint density at radius 1 is 1.21 bits per heavy atom. The van der Waals surface area contributed by atoms with Gasteiger partial charge in [0.1, 0.15) is 12.0 Å². The molecule has 1 aliphatic heterocycles. The number of thioether (sulfide) groups is 1. The molecular formula is C24H32O3S. The van der Waals surface area contributed by atoms with Crippen LogP contribution in [0.3, 0.4) is 0 Å². The zero-order valence-corrected chi connectivity index (χ0v) is 18.9. The number of benzene rings is 1. The van der Waals surface area contributed by atoms with Crippen LogP contribution < -0.4 is 0 Å². The molecule has 4 heteroatoms. The van der Waals surface area contributed by atoms with Gasteiger partial charge in [-0.25, -0.2) is 0 Å². The smallest absolute Gasteiger partial charge is 0.321 e. The zero-order valence-electron chi connectivity index (χ0n) is 18.1. The molecule has 1 aromatic rings. The number of hydrogen-bond donors (Lipinski definition) is 0. The predicted octanol–water partition coefficient (Wildman–Crippen LogP) is 5.82. The molecule has 1 aromatic carbocycles. The summed E-state index contributed by atoms with van der Waals surface area (Å²) in [4.78, 5) is 26.9. The minimum atomic E-state index is -0.784. The first-order valence-corrected chi connectivity index (χ1v) is 10.9. The molecule has 1 heterocycles. The molecule has 0 radical (unpaired) electrons. The van der Waals surface area contributed by atoms with E-state index in [0.717, 1.165) is 28.0 Å². The minimum Gasteiger partial charge on any atom is -0.461 e. The van der Waals surface area contributed by atoms with E-state index in [4.69, 9.17) is 4.74 Å². The van der Waals surface area contributed by atoms with E-state index in [-0.39, 0.29) is 17.8 Å². The quantitative estimate of drug-likeness (QED) is 0.343. The van der Waals surface area contributed by atoms with Crippen LogP contribution >= 0.6 is 11.8 Å². The first-order chi connectivity index (χ1) is 13.1. The van der Waals surface area contributed by atoms with Crippen LogP contribution in [0.15, 0.2) is 34.8 Å². The summed E-state index contributed by atoms with van der Waals surface area (Å²) in [6, 6.07) is 4.05. The molecule has 2 rings (SSSR count). The molecule has 1 saturated heterocycles. The largest absolute Gasteiger partial charge is 0.461 e. The minimum absolute atomic E-state index is 0.0243. The molecule has 0 bridgehead atoms. The molecule has 0 saturated carbocycles. The van der Waals surface area contributed by atoms with Gasteiger partial charge in [0.25, 0.3) is 0 Å². The van der Waals surface area contributed by atoms with Gasteiger partial charge in [0.05, 0.1) is 0 Å². The lowest BCUT2D eigenvalue weighted by molar-refractivity contribution is -0.162. The second-order valence-electron chi connectivity index (χ2n) is 8.09. The van der Waals surface area contributed by atoms with Gasteiger partial charge in [-0.1, -0.05) is 42.3 Å². The fourth-order valence-corrected chi connectivity index (χ4v) is 4.93. The van der Waals surface area contributed by atoms with E-state index in [1.165, 1.54) is 10.5 Å². The number of Topliss-reactive ketones (excluding diaryl/α,β-unsaturated/α-hetero) is 1. The summed E-state index contributed by atoms with van der Waals surface area (Å²) in [5.41, 5.74) is 5.17. The summed E-state index contributed by atoms with van der Waals surface area (Å²) in [6.07, 6.45) is 4.17. The van der Waals surface area contributed by atoms with Crippen LogP contribution in [0.25, 0.3) is 0 Å². The molecule has 28 heavy (non-hydrogen) atoms. The zero-order chi connectivity index (χ0) is 21.0. The number of ketones is 1. The first kappa shape index (κ1) is 22.5. The fraction of sp³-hybridized carbons (Fsp3) is 0.500. The van der Waals surface area contributed by atoms with Gasteiger partial charge in [-0.05, 0) is 58.2 Å². The van der Waals surface area contributed by atoms with E-state index in [9.17, 15) is 9.59 Å². The Hall–Kier alpha value is -1.81. The van der Waals surface area contributed by atoms with E-state index in [1.54, 1.807) is 11.8 Å². The number of rotatable bonds is 6. The maximum Gasteiger partial charge on any atom is 0.321 e. The number of hydrogen-bond acceptors (Lipinski definition) is 4. The van der Waals surface area contributed by atoms with Crippen LogP contribution in [0.2, 0.25) is 0 Å². The van der Waals surface area contributed by atoms with E-state index in [1.807, 2.05) is 39.8 Å². The van der Waals surface area contributed by atoms with Crippen LogP contribution in [0.4, 0.5) is 0 Å². The third-order valence-corrected chi connectivity index (χ3v) is 6.50. The van der Waals surface area contributed by atoms with Gasteiger partial charge in [-0.2, -0.15) is 0 Å². The van der Waals surface area contributed by atoms with Gasteiger partial charge in [-0.15, -0.1) is 11.8 Å². The summed E-state index contributed by atoms with van der Waals surface area (Å²) >= 11 is 1.74. The summed E-state index contributed by atoms with van der Waals surface area (Å²) in [6.45, 7) is 14.2. The molecule has 152 valence electrons. The monoisotopic (exact) mass is 400 g/mol. The number of cyclic esters (lactones) is 1. The maximum atomic E-state index is 12.9. The molecular weight excluding hydrogens is 368 g/mol. The van der Waals surface area contributed by atoms with Crippen molar-refractivity contribution in [3.05, 3.63) is 57.0 Å². The van der Waals surface area contributed by atoms with Crippen molar-refractivity contribution in [2.75, 3.05) is 5.75 Å². The summed E-state index contributed by atoms with van der Waals surface area (Å²) in [5.74, 6) is -0.289. The van der Waals surface area contributed by atoms with Gasteiger partial charge >= 0.3 is 5.97 Å². The highest BCUT2D eigenvalue weighted by atomic mass is 32.2. The van der Waals surface area contributed by atoms with Crippen molar-refractivity contribution in [3.8, 4) is 0 Å².